The summed E-state index contributed by atoms with van der Waals surface area (Å²) in [5.41, 5.74) is 0.714. The molecule has 23 heavy (non-hydrogen) atoms. The molecular weight excluding hydrogens is 316 g/mol. The molecule has 0 radical (unpaired) electrons. The summed E-state index contributed by atoms with van der Waals surface area (Å²) >= 11 is 6.23. The Morgan fingerprint density at radius 2 is 2.04 bits per heavy atom. The molecule has 6 nitrogen and oxygen atoms in total. The minimum absolute atomic E-state index is 0.179. The Kier molecular flexibility index (Phi) is 4.63. The Bertz CT molecular complexity index is 708. The van der Waals surface area contributed by atoms with Gasteiger partial charge >= 0.3 is 0 Å². The first kappa shape index (κ1) is 16.0. The van der Waals surface area contributed by atoms with Gasteiger partial charge in [-0.25, -0.2) is 9.67 Å². The van der Waals surface area contributed by atoms with Gasteiger partial charge in [0.15, 0.2) is 0 Å². The molecule has 2 aromatic rings. The van der Waals surface area contributed by atoms with Crippen molar-refractivity contribution in [2.24, 2.45) is 0 Å². The molecule has 1 aromatic carbocycles. The summed E-state index contributed by atoms with van der Waals surface area (Å²) in [5.74, 6) is 0.675. The van der Waals surface area contributed by atoms with E-state index in [2.05, 4.69) is 10.1 Å². The summed E-state index contributed by atoms with van der Waals surface area (Å²) in [6, 6.07) is 7.35. The number of piperidine rings is 1. The van der Waals surface area contributed by atoms with E-state index in [9.17, 15) is 9.90 Å². The summed E-state index contributed by atoms with van der Waals surface area (Å²) in [4.78, 5) is 18.6. The van der Waals surface area contributed by atoms with E-state index in [1.165, 1.54) is 0 Å². The molecule has 0 saturated carbocycles. The SMILES string of the molecule is CCc1nc(C(=O)N2CCC(O)CC2)nn1-c1ccccc1Cl. The van der Waals surface area contributed by atoms with Crippen LogP contribution in [0.2, 0.25) is 5.02 Å². The van der Waals surface area contributed by atoms with E-state index in [0.717, 1.165) is 0 Å². The van der Waals surface area contributed by atoms with E-state index in [1.807, 2.05) is 25.1 Å². The Morgan fingerprint density at radius 1 is 1.35 bits per heavy atom. The predicted molar refractivity (Wildman–Crippen MR) is 86.9 cm³/mol. The van der Waals surface area contributed by atoms with Gasteiger partial charge in [0.05, 0.1) is 16.8 Å². The van der Waals surface area contributed by atoms with Gasteiger partial charge in [0.2, 0.25) is 5.82 Å². The van der Waals surface area contributed by atoms with E-state index >= 15 is 0 Å². The van der Waals surface area contributed by atoms with Crippen molar-refractivity contribution in [3.63, 3.8) is 0 Å². The molecule has 0 unspecified atom stereocenters. The maximum Gasteiger partial charge on any atom is 0.293 e. The van der Waals surface area contributed by atoms with E-state index in [1.54, 1.807) is 15.6 Å². The van der Waals surface area contributed by atoms with Crippen molar-refractivity contribution < 1.29 is 9.90 Å². The zero-order valence-corrected chi connectivity index (χ0v) is 13.7. The summed E-state index contributed by atoms with van der Waals surface area (Å²) in [6.07, 6.45) is 1.51. The molecule has 1 fully saturated rings. The lowest BCUT2D eigenvalue weighted by molar-refractivity contribution is 0.0536. The van der Waals surface area contributed by atoms with E-state index in [4.69, 9.17) is 11.6 Å². The minimum Gasteiger partial charge on any atom is -0.393 e. The third-order valence-electron chi connectivity index (χ3n) is 4.01. The highest BCUT2D eigenvalue weighted by molar-refractivity contribution is 6.32. The van der Waals surface area contributed by atoms with Crippen LogP contribution in [0.5, 0.6) is 0 Å². The second-order valence-electron chi connectivity index (χ2n) is 5.59. The van der Waals surface area contributed by atoms with Crippen molar-refractivity contribution in [3.05, 3.63) is 40.9 Å². The monoisotopic (exact) mass is 334 g/mol. The topological polar surface area (TPSA) is 71.2 Å². The van der Waals surface area contributed by atoms with Crippen molar-refractivity contribution in [2.75, 3.05) is 13.1 Å². The highest BCUT2D eigenvalue weighted by Crippen LogP contribution is 2.21. The number of hydrogen-bond acceptors (Lipinski definition) is 4. The third-order valence-corrected chi connectivity index (χ3v) is 4.33. The number of benzene rings is 1. The lowest BCUT2D eigenvalue weighted by Gasteiger charge is -2.28. The number of hydrogen-bond donors (Lipinski definition) is 1. The number of rotatable bonds is 3. The molecule has 122 valence electrons. The van der Waals surface area contributed by atoms with Crippen LogP contribution in [0.1, 0.15) is 36.2 Å². The van der Waals surface area contributed by atoms with Crippen molar-refractivity contribution >= 4 is 17.5 Å². The van der Waals surface area contributed by atoms with Gasteiger partial charge in [0.1, 0.15) is 5.82 Å². The van der Waals surface area contributed by atoms with Crippen LogP contribution in [0.15, 0.2) is 24.3 Å². The van der Waals surface area contributed by atoms with Gasteiger partial charge in [-0.15, -0.1) is 5.10 Å². The molecule has 1 amide bonds. The summed E-state index contributed by atoms with van der Waals surface area (Å²) in [5, 5.41) is 14.5. The van der Waals surface area contributed by atoms with Crippen LogP contribution in [-0.4, -0.2) is 49.9 Å². The number of aliphatic hydroxyl groups is 1. The van der Waals surface area contributed by atoms with Crippen LogP contribution in [0.3, 0.4) is 0 Å². The normalized spacial score (nSPS) is 15.9. The van der Waals surface area contributed by atoms with Gasteiger partial charge in [-0.2, -0.15) is 0 Å². The Hall–Kier alpha value is -1.92. The molecule has 1 aliphatic heterocycles. The van der Waals surface area contributed by atoms with Crippen molar-refractivity contribution in [2.45, 2.75) is 32.3 Å². The largest absolute Gasteiger partial charge is 0.393 e. The molecule has 0 atom stereocenters. The number of nitrogens with zero attached hydrogens (tertiary/aromatic N) is 4. The maximum atomic E-state index is 12.6. The number of carbonyl (C=O) groups excluding carboxylic acids is 1. The molecule has 1 aliphatic rings. The molecule has 0 bridgehead atoms. The van der Waals surface area contributed by atoms with Crippen LogP contribution in [0, 0.1) is 0 Å². The number of amides is 1. The molecule has 2 heterocycles. The fourth-order valence-electron chi connectivity index (χ4n) is 2.69. The smallest absolute Gasteiger partial charge is 0.293 e. The first-order chi connectivity index (χ1) is 11.1. The fourth-order valence-corrected chi connectivity index (χ4v) is 2.91. The number of likely N-dealkylation sites (tertiary alicyclic amines) is 1. The number of carbonyl (C=O) groups is 1. The zero-order valence-electron chi connectivity index (χ0n) is 12.9. The molecule has 7 heteroatoms. The first-order valence-corrected chi connectivity index (χ1v) is 8.16. The standard InChI is InChI=1S/C16H19ClN4O2/c1-2-14-18-15(16(23)20-9-7-11(22)8-10-20)19-21(14)13-6-4-3-5-12(13)17/h3-6,11,22H,2,7-10H2,1H3. The first-order valence-electron chi connectivity index (χ1n) is 7.78. The zero-order chi connectivity index (χ0) is 16.4. The number of halogens is 1. The molecule has 1 saturated heterocycles. The Morgan fingerprint density at radius 3 is 2.70 bits per heavy atom. The lowest BCUT2D eigenvalue weighted by Crippen LogP contribution is -2.40. The second-order valence-corrected chi connectivity index (χ2v) is 6.00. The van der Waals surface area contributed by atoms with Gasteiger partial charge in [0.25, 0.3) is 5.91 Å². The number of aliphatic hydroxyl groups excluding tert-OH is 1. The highest BCUT2D eigenvalue weighted by Gasteiger charge is 2.26. The van der Waals surface area contributed by atoms with Crippen LogP contribution >= 0.6 is 11.6 Å². The van der Waals surface area contributed by atoms with Crippen LogP contribution in [0.4, 0.5) is 0 Å². The summed E-state index contributed by atoms with van der Waals surface area (Å²) in [7, 11) is 0. The molecule has 1 aromatic heterocycles. The van der Waals surface area contributed by atoms with Crippen LogP contribution in [0.25, 0.3) is 5.69 Å². The number of aryl methyl sites for hydroxylation is 1. The van der Waals surface area contributed by atoms with Gasteiger partial charge < -0.3 is 10.0 Å². The van der Waals surface area contributed by atoms with Crippen molar-refractivity contribution in [1.29, 1.82) is 0 Å². The molecule has 3 rings (SSSR count). The minimum atomic E-state index is -0.320. The predicted octanol–water partition coefficient (Wildman–Crippen LogP) is 2.08. The van der Waals surface area contributed by atoms with E-state index in [-0.39, 0.29) is 17.8 Å². The van der Waals surface area contributed by atoms with Gasteiger partial charge in [-0.1, -0.05) is 30.7 Å². The quantitative estimate of drug-likeness (QED) is 0.933. The van der Waals surface area contributed by atoms with Gasteiger partial charge in [-0.3, -0.25) is 4.79 Å². The molecular formula is C16H19ClN4O2. The van der Waals surface area contributed by atoms with E-state index < -0.39 is 0 Å². The molecule has 1 N–H and O–H groups in total. The maximum absolute atomic E-state index is 12.6. The molecule has 0 spiro atoms. The molecule has 0 aliphatic carbocycles. The van der Waals surface area contributed by atoms with E-state index in [0.29, 0.717) is 48.9 Å². The van der Waals surface area contributed by atoms with Crippen LogP contribution < -0.4 is 0 Å². The summed E-state index contributed by atoms with van der Waals surface area (Å²) < 4.78 is 1.63. The Balaban J connectivity index is 1.90. The fraction of sp³-hybridized carbons (Fsp3) is 0.438. The van der Waals surface area contributed by atoms with Gasteiger partial charge in [0, 0.05) is 19.5 Å². The van der Waals surface area contributed by atoms with Gasteiger partial charge in [-0.05, 0) is 25.0 Å². The number of aromatic nitrogens is 3. The number of para-hydroxylation sites is 1. The lowest BCUT2D eigenvalue weighted by atomic mass is 10.1. The third kappa shape index (κ3) is 3.23. The average Bonchev–Trinajstić information content (AvgIpc) is 2.99. The summed E-state index contributed by atoms with van der Waals surface area (Å²) in [6.45, 7) is 3.02. The van der Waals surface area contributed by atoms with Crippen LogP contribution in [-0.2, 0) is 6.42 Å². The second kappa shape index (κ2) is 6.68. The Labute approximate surface area is 139 Å². The average molecular weight is 335 g/mol. The highest BCUT2D eigenvalue weighted by atomic mass is 35.5. The van der Waals surface area contributed by atoms with Crippen molar-refractivity contribution in [1.82, 2.24) is 19.7 Å². The van der Waals surface area contributed by atoms with Crippen molar-refractivity contribution in [3.8, 4) is 5.69 Å².